The minimum Gasteiger partial charge on any atom is -0.465 e. The molecule has 3 heterocycles. The summed E-state index contributed by atoms with van der Waals surface area (Å²) in [6, 6.07) is 2.73. The van der Waals surface area contributed by atoms with E-state index in [0.717, 1.165) is 31.4 Å². The van der Waals surface area contributed by atoms with Crippen molar-refractivity contribution >= 4 is 29.6 Å². The van der Waals surface area contributed by atoms with Crippen molar-refractivity contribution in [2.75, 3.05) is 19.0 Å². The Bertz CT molecular complexity index is 1320. The van der Waals surface area contributed by atoms with Gasteiger partial charge in [-0.2, -0.15) is 13.2 Å². The number of aromatic nitrogens is 2. The van der Waals surface area contributed by atoms with Crippen LogP contribution in [0.5, 0.6) is 0 Å². The van der Waals surface area contributed by atoms with Crippen molar-refractivity contribution < 1.29 is 50.6 Å². The quantitative estimate of drug-likeness (QED) is 0.500. The Balaban J connectivity index is 1.77. The molecule has 1 fully saturated rings. The van der Waals surface area contributed by atoms with E-state index in [4.69, 9.17) is 9.84 Å². The second-order valence-electron chi connectivity index (χ2n) is 8.21. The van der Waals surface area contributed by atoms with Gasteiger partial charge in [-0.25, -0.2) is 27.9 Å². The van der Waals surface area contributed by atoms with Gasteiger partial charge in [-0.05, 0) is 18.2 Å². The number of guanidine groups is 1. The van der Waals surface area contributed by atoms with Crippen molar-refractivity contribution in [3.05, 3.63) is 53.4 Å². The number of rotatable bonds is 4. The number of benzene rings is 1. The van der Waals surface area contributed by atoms with Crippen LogP contribution in [0.3, 0.4) is 0 Å². The first-order valence-corrected chi connectivity index (χ1v) is 10.5. The first-order valence-electron chi connectivity index (χ1n) is 10.5. The van der Waals surface area contributed by atoms with E-state index < -0.39 is 83.4 Å². The van der Waals surface area contributed by atoms with E-state index in [1.165, 1.54) is 0 Å². The lowest BCUT2D eigenvalue weighted by atomic mass is 9.75. The Hall–Kier alpha value is -4.28. The smallest absolute Gasteiger partial charge is 0.415 e. The molecule has 202 valence electrons. The average Bonchev–Trinajstić information content (AvgIpc) is 3.24. The van der Waals surface area contributed by atoms with Crippen LogP contribution < -0.4 is 10.6 Å². The number of nitrogens with zero attached hydrogens (tertiary/aromatic N) is 4. The lowest BCUT2D eigenvalue weighted by Gasteiger charge is -2.39. The zero-order chi connectivity index (χ0) is 28.0. The summed E-state index contributed by atoms with van der Waals surface area (Å²) in [4.78, 5) is 48.3. The number of aliphatic imine (C=N–C) groups is 1. The number of carbonyl (C=O) groups is 3. The number of fused-ring (bicyclic) bond motifs is 1. The second-order valence-corrected chi connectivity index (χ2v) is 8.21. The number of carboxylic acid groups (broad SMARTS) is 1. The molecule has 1 aromatic carbocycles. The second kappa shape index (κ2) is 9.55. The van der Waals surface area contributed by atoms with Gasteiger partial charge >= 0.3 is 12.3 Å². The summed E-state index contributed by atoms with van der Waals surface area (Å²) < 4.78 is 86.7. The molecule has 1 aromatic heterocycles. The Morgan fingerprint density at radius 2 is 1.92 bits per heavy atom. The summed E-state index contributed by atoms with van der Waals surface area (Å²) in [7, 11) is 0.986. The molecule has 2 aromatic rings. The molecular formula is C21H16F6N6O5. The minimum absolute atomic E-state index is 0.191. The van der Waals surface area contributed by atoms with Crippen molar-refractivity contribution in [3.63, 3.8) is 0 Å². The van der Waals surface area contributed by atoms with Crippen molar-refractivity contribution in [2.24, 2.45) is 10.9 Å². The molecule has 2 aliphatic rings. The van der Waals surface area contributed by atoms with E-state index in [1.54, 1.807) is 5.32 Å². The fourth-order valence-corrected chi connectivity index (χ4v) is 4.16. The molecule has 3 N–H and O–H groups in total. The fraction of sp³-hybridized carbons (Fsp3) is 0.333. The largest absolute Gasteiger partial charge is 0.465 e. The molecule has 17 heteroatoms. The number of hydrogen-bond acceptors (Lipinski definition) is 7. The van der Waals surface area contributed by atoms with Gasteiger partial charge in [-0.1, -0.05) is 0 Å². The molecule has 11 nitrogen and oxygen atoms in total. The molecular weight excluding hydrogens is 530 g/mol. The third-order valence-corrected chi connectivity index (χ3v) is 5.88. The minimum atomic E-state index is -5.07. The Kier molecular flexibility index (Phi) is 6.73. The molecule has 0 spiro atoms. The predicted molar refractivity (Wildman–Crippen MR) is 114 cm³/mol. The van der Waals surface area contributed by atoms with Crippen molar-refractivity contribution in [3.8, 4) is 0 Å². The molecule has 0 saturated carbocycles. The van der Waals surface area contributed by atoms with Crippen molar-refractivity contribution in [2.45, 2.75) is 24.2 Å². The van der Waals surface area contributed by atoms with Gasteiger partial charge in [0, 0.05) is 18.3 Å². The predicted octanol–water partition coefficient (Wildman–Crippen LogP) is 2.67. The van der Waals surface area contributed by atoms with Gasteiger partial charge in [0.15, 0.2) is 6.10 Å². The highest BCUT2D eigenvalue weighted by atomic mass is 19.4. The van der Waals surface area contributed by atoms with Gasteiger partial charge in [0.25, 0.3) is 12.3 Å². The number of halogens is 6. The first kappa shape index (κ1) is 26.8. The highest BCUT2D eigenvalue weighted by Crippen LogP contribution is 2.51. The maximum Gasteiger partial charge on any atom is 0.415 e. The summed E-state index contributed by atoms with van der Waals surface area (Å²) in [5, 5.41) is 13.2. The van der Waals surface area contributed by atoms with Crippen molar-refractivity contribution in [1.29, 1.82) is 0 Å². The van der Waals surface area contributed by atoms with Gasteiger partial charge in [-0.15, -0.1) is 0 Å². The standard InChI is InChI=1S/C21H16F6N6O5/c1-33-17(35)13-14(21(25,26)27)38-7-20(13,32-18(33)31-19(36)37)9-4-8(2-3-10(9)22)30-16(34)12-6-28-11(5-29-12)15(23)24/h2-6,13-15H,7H2,1H3,(H,30,34)(H,31,32)(H,36,37)/t13-,14-,20+/m0/s1. The normalized spacial score (nSPS) is 23.2. The van der Waals surface area contributed by atoms with Crippen LogP contribution in [-0.4, -0.2) is 69.8 Å². The van der Waals surface area contributed by atoms with Gasteiger partial charge in [0.2, 0.25) is 11.9 Å². The van der Waals surface area contributed by atoms with Crippen LogP contribution in [0.25, 0.3) is 0 Å². The van der Waals surface area contributed by atoms with E-state index in [-0.39, 0.29) is 5.69 Å². The number of hydrogen-bond donors (Lipinski definition) is 3. The van der Waals surface area contributed by atoms with E-state index >= 15 is 4.39 Å². The fourth-order valence-electron chi connectivity index (χ4n) is 4.16. The Morgan fingerprint density at radius 3 is 2.50 bits per heavy atom. The third kappa shape index (κ3) is 4.71. The molecule has 1 saturated heterocycles. The van der Waals surface area contributed by atoms with E-state index in [9.17, 15) is 36.3 Å². The lowest BCUT2D eigenvalue weighted by molar-refractivity contribution is -0.218. The van der Waals surface area contributed by atoms with Gasteiger partial charge in [0.05, 0.1) is 19.0 Å². The molecule has 0 unspecified atom stereocenters. The number of carbonyl (C=O) groups excluding carboxylic acids is 2. The van der Waals surface area contributed by atoms with Crippen LogP contribution in [0.1, 0.15) is 28.2 Å². The zero-order valence-electron chi connectivity index (χ0n) is 19.0. The molecule has 4 rings (SSSR count). The van der Waals surface area contributed by atoms with Crippen LogP contribution in [0.2, 0.25) is 0 Å². The van der Waals surface area contributed by atoms with Crippen molar-refractivity contribution in [1.82, 2.24) is 20.2 Å². The highest BCUT2D eigenvalue weighted by Gasteiger charge is 2.66. The monoisotopic (exact) mass is 546 g/mol. The maximum absolute atomic E-state index is 15.1. The zero-order valence-corrected chi connectivity index (χ0v) is 19.0. The van der Waals surface area contributed by atoms with Crippen LogP contribution in [0, 0.1) is 11.7 Å². The van der Waals surface area contributed by atoms with E-state index in [1.807, 2.05) is 0 Å². The number of anilines is 1. The van der Waals surface area contributed by atoms with Crippen LogP contribution in [-0.2, 0) is 15.1 Å². The lowest BCUT2D eigenvalue weighted by Crippen LogP contribution is -2.59. The maximum atomic E-state index is 15.1. The Morgan fingerprint density at radius 1 is 1.21 bits per heavy atom. The van der Waals surface area contributed by atoms with Crippen LogP contribution in [0.15, 0.2) is 35.6 Å². The summed E-state index contributed by atoms with van der Waals surface area (Å²) >= 11 is 0. The number of ether oxygens (including phenoxy) is 1. The van der Waals surface area contributed by atoms with Gasteiger partial charge in [0.1, 0.15) is 28.7 Å². The molecule has 0 radical (unpaired) electrons. The Labute approximate surface area is 208 Å². The van der Waals surface area contributed by atoms with E-state index in [2.05, 4.69) is 20.3 Å². The van der Waals surface area contributed by atoms with Crippen LogP contribution in [0.4, 0.5) is 36.8 Å². The first-order chi connectivity index (χ1) is 17.7. The molecule has 3 atom stereocenters. The molecule has 38 heavy (non-hydrogen) atoms. The SMILES string of the molecule is CN1C(=O)[C@@H]2[C@@H](C(F)(F)F)OC[C@]2(c2cc(NC(=O)c3cnc(C(F)F)cn3)ccc2F)N=C1NC(=O)O. The summed E-state index contributed by atoms with van der Waals surface area (Å²) in [5.74, 6) is -6.16. The molecule has 0 bridgehead atoms. The molecule has 0 aliphatic carbocycles. The number of alkyl halides is 5. The van der Waals surface area contributed by atoms with Crippen LogP contribution >= 0.6 is 0 Å². The number of amides is 3. The number of nitrogens with one attached hydrogen (secondary N) is 2. The van der Waals surface area contributed by atoms with E-state index in [0.29, 0.717) is 11.1 Å². The molecule has 3 amide bonds. The molecule has 2 aliphatic heterocycles. The van der Waals surface area contributed by atoms with Gasteiger partial charge in [-0.3, -0.25) is 24.8 Å². The third-order valence-electron chi connectivity index (χ3n) is 5.88. The topological polar surface area (TPSA) is 146 Å². The summed E-state index contributed by atoms with van der Waals surface area (Å²) in [6.07, 6.45) is -11.0. The average molecular weight is 546 g/mol. The highest BCUT2D eigenvalue weighted by molar-refractivity contribution is 6.06. The summed E-state index contributed by atoms with van der Waals surface area (Å²) in [5.41, 5.74) is -4.25. The van der Waals surface area contributed by atoms with Gasteiger partial charge < -0.3 is 15.2 Å². The summed E-state index contributed by atoms with van der Waals surface area (Å²) in [6.45, 7) is -0.957.